The van der Waals surface area contributed by atoms with Crippen LogP contribution in [0.25, 0.3) is 0 Å². The van der Waals surface area contributed by atoms with E-state index >= 15 is 0 Å². The number of unbranched alkanes of at least 4 members (excludes halogenated alkanes) is 1. The van der Waals surface area contributed by atoms with Crippen molar-refractivity contribution in [3.05, 3.63) is 29.8 Å². The Hall–Kier alpha value is -2.28. The zero-order chi connectivity index (χ0) is 21.2. The first-order valence-electron chi connectivity index (χ1n) is 11.3. The van der Waals surface area contributed by atoms with E-state index in [1.54, 1.807) is 0 Å². The summed E-state index contributed by atoms with van der Waals surface area (Å²) in [5.74, 6) is 2.02. The molecule has 1 atom stereocenters. The number of hydrogen-bond donors (Lipinski definition) is 1. The lowest BCUT2D eigenvalue weighted by atomic mass is 10.2. The molecule has 2 heterocycles. The first-order chi connectivity index (χ1) is 14.7. The lowest BCUT2D eigenvalue weighted by Gasteiger charge is -2.37. The minimum atomic E-state index is -0.222. The van der Waals surface area contributed by atoms with Crippen LogP contribution >= 0.6 is 0 Å². The standard InChI is InChI=1S/C23H36N4O3/c1-3-24-23(25-12-4-5-17-29-20-10-8-19(2)9-11-20)27-15-13-26(14-16-27)22(28)21-7-6-18-30-21/h8-11,21H,3-7,12-18H2,1-2H3,(H,24,25). The molecule has 30 heavy (non-hydrogen) atoms. The van der Waals surface area contributed by atoms with Gasteiger partial charge in [0.15, 0.2) is 5.96 Å². The number of hydrogen-bond acceptors (Lipinski definition) is 4. The molecule has 3 rings (SSSR count). The van der Waals surface area contributed by atoms with Crippen molar-refractivity contribution in [2.75, 3.05) is 52.5 Å². The Morgan fingerprint density at radius 2 is 1.90 bits per heavy atom. The number of guanidine groups is 1. The Kier molecular flexibility index (Phi) is 8.81. The summed E-state index contributed by atoms with van der Waals surface area (Å²) in [4.78, 5) is 21.5. The lowest BCUT2D eigenvalue weighted by molar-refractivity contribution is -0.142. The molecule has 0 saturated carbocycles. The van der Waals surface area contributed by atoms with Crippen LogP contribution < -0.4 is 10.1 Å². The average Bonchev–Trinajstić information content (AvgIpc) is 3.31. The summed E-state index contributed by atoms with van der Waals surface area (Å²) >= 11 is 0. The summed E-state index contributed by atoms with van der Waals surface area (Å²) in [6.07, 6.45) is 3.58. The second-order valence-electron chi connectivity index (χ2n) is 7.92. The molecule has 0 spiro atoms. The fraction of sp³-hybridized carbons (Fsp3) is 0.652. The van der Waals surface area contributed by atoms with E-state index in [1.807, 2.05) is 17.0 Å². The number of nitrogens with one attached hydrogen (secondary N) is 1. The van der Waals surface area contributed by atoms with Gasteiger partial charge in [-0.3, -0.25) is 9.79 Å². The number of aryl methyl sites for hydroxylation is 1. The van der Waals surface area contributed by atoms with Gasteiger partial charge >= 0.3 is 0 Å². The number of amides is 1. The minimum absolute atomic E-state index is 0.155. The van der Waals surface area contributed by atoms with E-state index in [-0.39, 0.29) is 12.0 Å². The van der Waals surface area contributed by atoms with Crippen molar-refractivity contribution in [2.45, 2.75) is 45.6 Å². The number of benzene rings is 1. The predicted molar refractivity (Wildman–Crippen MR) is 119 cm³/mol. The van der Waals surface area contributed by atoms with Crippen molar-refractivity contribution in [2.24, 2.45) is 4.99 Å². The molecule has 0 bridgehead atoms. The van der Waals surface area contributed by atoms with Crippen LogP contribution in [0.3, 0.4) is 0 Å². The average molecular weight is 417 g/mol. The highest BCUT2D eigenvalue weighted by atomic mass is 16.5. The smallest absolute Gasteiger partial charge is 0.251 e. The van der Waals surface area contributed by atoms with Crippen LogP contribution in [0, 0.1) is 6.92 Å². The predicted octanol–water partition coefficient (Wildman–Crippen LogP) is 2.44. The van der Waals surface area contributed by atoms with E-state index in [1.165, 1.54) is 5.56 Å². The van der Waals surface area contributed by atoms with Gasteiger partial charge < -0.3 is 24.6 Å². The van der Waals surface area contributed by atoms with Crippen molar-refractivity contribution in [3.63, 3.8) is 0 Å². The number of carbonyl (C=O) groups is 1. The van der Waals surface area contributed by atoms with Gasteiger partial charge in [-0.25, -0.2) is 0 Å². The van der Waals surface area contributed by atoms with Crippen LogP contribution in [0.4, 0.5) is 0 Å². The fourth-order valence-electron chi connectivity index (χ4n) is 3.76. The maximum Gasteiger partial charge on any atom is 0.251 e. The molecule has 0 radical (unpaired) electrons. The van der Waals surface area contributed by atoms with Crippen molar-refractivity contribution in [3.8, 4) is 5.75 Å². The Labute approximate surface area is 180 Å². The van der Waals surface area contributed by atoms with E-state index < -0.39 is 0 Å². The molecule has 2 aliphatic heterocycles. The third-order valence-corrected chi connectivity index (χ3v) is 5.53. The molecule has 1 aromatic rings. The van der Waals surface area contributed by atoms with Crippen LogP contribution in [0.15, 0.2) is 29.3 Å². The van der Waals surface area contributed by atoms with E-state index in [9.17, 15) is 4.79 Å². The van der Waals surface area contributed by atoms with Gasteiger partial charge in [0.1, 0.15) is 11.9 Å². The van der Waals surface area contributed by atoms with Crippen molar-refractivity contribution < 1.29 is 14.3 Å². The molecule has 2 fully saturated rings. The van der Waals surface area contributed by atoms with Gasteiger partial charge in [-0.2, -0.15) is 0 Å². The van der Waals surface area contributed by atoms with Gasteiger partial charge in [0.05, 0.1) is 6.61 Å². The summed E-state index contributed by atoms with van der Waals surface area (Å²) in [7, 11) is 0. The topological polar surface area (TPSA) is 66.4 Å². The van der Waals surface area contributed by atoms with Crippen LogP contribution in [0.2, 0.25) is 0 Å². The highest BCUT2D eigenvalue weighted by molar-refractivity contribution is 5.82. The highest BCUT2D eigenvalue weighted by Gasteiger charge is 2.30. The number of aliphatic imine (C=N–C) groups is 1. The number of rotatable bonds is 8. The lowest BCUT2D eigenvalue weighted by Crippen LogP contribution is -2.55. The number of ether oxygens (including phenoxy) is 2. The fourth-order valence-corrected chi connectivity index (χ4v) is 3.76. The molecule has 1 unspecified atom stereocenters. The number of carbonyl (C=O) groups excluding carboxylic acids is 1. The first-order valence-corrected chi connectivity index (χ1v) is 11.3. The SMILES string of the molecule is CCNC(=NCCCCOc1ccc(C)cc1)N1CCN(C(=O)C2CCCO2)CC1. The minimum Gasteiger partial charge on any atom is -0.494 e. The molecule has 2 saturated heterocycles. The molecule has 7 heteroatoms. The molecule has 1 N–H and O–H groups in total. The maximum absolute atomic E-state index is 12.5. The van der Waals surface area contributed by atoms with E-state index in [2.05, 4.69) is 36.2 Å². The van der Waals surface area contributed by atoms with Gasteiger partial charge in [0, 0.05) is 45.9 Å². The van der Waals surface area contributed by atoms with E-state index in [0.717, 1.165) is 76.7 Å². The Bertz CT molecular complexity index is 678. The van der Waals surface area contributed by atoms with Gasteiger partial charge in [-0.15, -0.1) is 0 Å². The quantitative estimate of drug-likeness (QED) is 0.401. The van der Waals surface area contributed by atoms with Gasteiger partial charge in [0.2, 0.25) is 0 Å². The second-order valence-corrected chi connectivity index (χ2v) is 7.92. The number of nitrogens with zero attached hydrogens (tertiary/aromatic N) is 3. The molecular formula is C23H36N4O3. The van der Waals surface area contributed by atoms with Gasteiger partial charge in [-0.1, -0.05) is 17.7 Å². The first kappa shape index (κ1) is 22.4. The van der Waals surface area contributed by atoms with Crippen LogP contribution in [0.1, 0.15) is 38.2 Å². The van der Waals surface area contributed by atoms with Crippen LogP contribution in [-0.4, -0.2) is 80.3 Å². The zero-order valence-electron chi connectivity index (χ0n) is 18.4. The molecular weight excluding hydrogens is 380 g/mol. The Balaban J connectivity index is 1.37. The van der Waals surface area contributed by atoms with E-state index in [4.69, 9.17) is 14.5 Å². The van der Waals surface area contributed by atoms with Crippen molar-refractivity contribution in [1.82, 2.24) is 15.1 Å². The zero-order valence-corrected chi connectivity index (χ0v) is 18.4. The molecule has 7 nitrogen and oxygen atoms in total. The summed E-state index contributed by atoms with van der Waals surface area (Å²) < 4.78 is 11.3. The molecule has 0 aromatic heterocycles. The summed E-state index contributed by atoms with van der Waals surface area (Å²) in [6.45, 7) is 10.3. The second kappa shape index (κ2) is 11.8. The molecule has 2 aliphatic rings. The Morgan fingerprint density at radius 1 is 1.17 bits per heavy atom. The third kappa shape index (κ3) is 6.62. The van der Waals surface area contributed by atoms with Crippen LogP contribution in [-0.2, 0) is 9.53 Å². The summed E-state index contributed by atoms with van der Waals surface area (Å²) in [6, 6.07) is 8.16. The molecule has 166 valence electrons. The molecule has 0 aliphatic carbocycles. The monoisotopic (exact) mass is 416 g/mol. The maximum atomic E-state index is 12.5. The van der Waals surface area contributed by atoms with Crippen LogP contribution in [0.5, 0.6) is 5.75 Å². The Morgan fingerprint density at radius 3 is 2.57 bits per heavy atom. The summed E-state index contributed by atoms with van der Waals surface area (Å²) in [5, 5.41) is 3.39. The molecule has 1 amide bonds. The largest absolute Gasteiger partial charge is 0.494 e. The third-order valence-electron chi connectivity index (χ3n) is 5.53. The highest BCUT2D eigenvalue weighted by Crippen LogP contribution is 2.16. The van der Waals surface area contributed by atoms with Gasteiger partial charge in [-0.05, 0) is 51.7 Å². The summed E-state index contributed by atoms with van der Waals surface area (Å²) in [5.41, 5.74) is 1.24. The van der Waals surface area contributed by atoms with Crippen molar-refractivity contribution >= 4 is 11.9 Å². The normalized spacial score (nSPS) is 19.8. The van der Waals surface area contributed by atoms with Gasteiger partial charge in [0.25, 0.3) is 5.91 Å². The number of piperazine rings is 1. The van der Waals surface area contributed by atoms with Crippen molar-refractivity contribution in [1.29, 1.82) is 0 Å². The molecule has 1 aromatic carbocycles. The van der Waals surface area contributed by atoms with E-state index in [0.29, 0.717) is 13.2 Å².